The van der Waals surface area contributed by atoms with Gasteiger partial charge in [-0.05, 0) is 35.4 Å². The third-order valence-corrected chi connectivity index (χ3v) is 2.90. The lowest BCUT2D eigenvalue weighted by molar-refractivity contribution is 0.567. The van der Waals surface area contributed by atoms with E-state index >= 15 is 0 Å². The minimum atomic E-state index is -0.462. The summed E-state index contributed by atoms with van der Waals surface area (Å²) in [6.07, 6.45) is 0. The van der Waals surface area contributed by atoms with Gasteiger partial charge in [-0.2, -0.15) is 0 Å². The molecule has 2 atom stereocenters. The predicted octanol–water partition coefficient (Wildman–Crippen LogP) is 3.09. The largest absolute Gasteiger partial charge is 0.322 e. The van der Waals surface area contributed by atoms with E-state index in [1.807, 2.05) is 0 Å². The summed E-state index contributed by atoms with van der Waals surface area (Å²) in [5.74, 6) is -0.636. The van der Waals surface area contributed by atoms with Crippen LogP contribution in [0.5, 0.6) is 0 Å². The van der Waals surface area contributed by atoms with E-state index in [2.05, 4.69) is 0 Å². The first kappa shape index (κ1) is 15.6. The summed E-state index contributed by atoms with van der Waals surface area (Å²) >= 11 is 0. The second-order valence-corrected chi connectivity index (χ2v) is 4.15. The molecule has 0 aliphatic heterocycles. The number of rotatable bonds is 3. The SMILES string of the molecule is Cl.N[C@H](c1ccc(F)cc1)[C@H](N)c1ccc(F)cc1. The molecule has 4 N–H and O–H groups in total. The predicted molar refractivity (Wildman–Crippen MR) is 73.9 cm³/mol. The lowest BCUT2D eigenvalue weighted by Crippen LogP contribution is -2.26. The van der Waals surface area contributed by atoms with E-state index in [4.69, 9.17) is 11.5 Å². The molecule has 102 valence electrons. The molecule has 0 aliphatic rings. The van der Waals surface area contributed by atoms with Crippen LogP contribution < -0.4 is 11.5 Å². The van der Waals surface area contributed by atoms with Crippen LogP contribution in [0.2, 0.25) is 0 Å². The normalized spacial score (nSPS) is 13.5. The van der Waals surface area contributed by atoms with E-state index in [0.29, 0.717) is 0 Å². The average molecular weight is 285 g/mol. The fraction of sp³-hybridized carbons (Fsp3) is 0.143. The number of benzene rings is 2. The zero-order chi connectivity index (χ0) is 13.1. The maximum absolute atomic E-state index is 12.8. The molecule has 0 amide bonds. The Bertz CT molecular complexity index is 464. The molecular weight excluding hydrogens is 270 g/mol. The number of hydrogen-bond acceptors (Lipinski definition) is 2. The van der Waals surface area contributed by atoms with Gasteiger partial charge in [0.25, 0.3) is 0 Å². The Morgan fingerprint density at radius 3 is 1.16 bits per heavy atom. The van der Waals surface area contributed by atoms with Crippen LogP contribution >= 0.6 is 12.4 Å². The highest BCUT2D eigenvalue weighted by atomic mass is 35.5. The molecule has 5 heteroatoms. The summed E-state index contributed by atoms with van der Waals surface area (Å²) in [5.41, 5.74) is 13.5. The number of hydrogen-bond donors (Lipinski definition) is 2. The van der Waals surface area contributed by atoms with Gasteiger partial charge in [-0.15, -0.1) is 12.4 Å². The zero-order valence-corrected chi connectivity index (χ0v) is 10.9. The molecule has 0 bridgehead atoms. The van der Waals surface area contributed by atoms with Crippen molar-refractivity contribution in [1.82, 2.24) is 0 Å². The van der Waals surface area contributed by atoms with Crippen molar-refractivity contribution in [3.05, 3.63) is 71.3 Å². The smallest absolute Gasteiger partial charge is 0.123 e. The molecule has 2 rings (SSSR count). The van der Waals surface area contributed by atoms with Crippen molar-refractivity contribution in [3.8, 4) is 0 Å². The molecule has 2 aromatic rings. The molecular formula is C14H15ClF2N2. The van der Waals surface area contributed by atoms with Crippen molar-refractivity contribution in [1.29, 1.82) is 0 Å². The minimum Gasteiger partial charge on any atom is -0.322 e. The van der Waals surface area contributed by atoms with Gasteiger partial charge in [0.15, 0.2) is 0 Å². The quantitative estimate of drug-likeness (QED) is 0.910. The van der Waals surface area contributed by atoms with Crippen molar-refractivity contribution in [2.24, 2.45) is 11.5 Å². The van der Waals surface area contributed by atoms with Crippen molar-refractivity contribution in [2.45, 2.75) is 12.1 Å². The van der Waals surface area contributed by atoms with Crippen LogP contribution in [-0.4, -0.2) is 0 Å². The molecule has 0 unspecified atom stereocenters. The Morgan fingerprint density at radius 1 is 0.632 bits per heavy atom. The molecule has 0 aromatic heterocycles. The molecule has 19 heavy (non-hydrogen) atoms. The van der Waals surface area contributed by atoms with Gasteiger partial charge < -0.3 is 11.5 Å². The van der Waals surface area contributed by atoms with Gasteiger partial charge in [0, 0.05) is 12.1 Å². The van der Waals surface area contributed by atoms with Crippen LogP contribution in [0.4, 0.5) is 8.78 Å². The first-order valence-corrected chi connectivity index (χ1v) is 5.60. The highest BCUT2D eigenvalue weighted by Crippen LogP contribution is 2.24. The van der Waals surface area contributed by atoms with Gasteiger partial charge in [0.1, 0.15) is 11.6 Å². The molecule has 2 nitrogen and oxygen atoms in total. The standard InChI is InChI=1S/C14H14F2N2.ClH/c15-11-5-1-9(2-6-11)13(17)14(18)10-3-7-12(16)8-4-10;/h1-8,13-14H,17-18H2;1H/t13-,14-;/m1./s1. The van der Waals surface area contributed by atoms with Crippen LogP contribution in [0.15, 0.2) is 48.5 Å². The fourth-order valence-electron chi connectivity index (χ4n) is 1.78. The van der Waals surface area contributed by atoms with Crippen LogP contribution in [0.3, 0.4) is 0 Å². The van der Waals surface area contributed by atoms with E-state index in [9.17, 15) is 8.78 Å². The average Bonchev–Trinajstić information content (AvgIpc) is 2.39. The second-order valence-electron chi connectivity index (χ2n) is 4.15. The van der Waals surface area contributed by atoms with Gasteiger partial charge in [-0.25, -0.2) is 8.78 Å². The van der Waals surface area contributed by atoms with E-state index in [0.717, 1.165) is 11.1 Å². The Hall–Kier alpha value is -1.49. The van der Waals surface area contributed by atoms with Gasteiger partial charge >= 0.3 is 0 Å². The first-order chi connectivity index (χ1) is 8.58. The number of nitrogens with two attached hydrogens (primary N) is 2. The van der Waals surface area contributed by atoms with Crippen molar-refractivity contribution in [2.75, 3.05) is 0 Å². The topological polar surface area (TPSA) is 52.0 Å². The molecule has 2 aromatic carbocycles. The van der Waals surface area contributed by atoms with Gasteiger partial charge in [0.2, 0.25) is 0 Å². The number of halogens is 3. The lowest BCUT2D eigenvalue weighted by atomic mass is 9.95. The molecule has 0 aliphatic carbocycles. The van der Waals surface area contributed by atoms with Crippen molar-refractivity contribution in [3.63, 3.8) is 0 Å². The van der Waals surface area contributed by atoms with Crippen LogP contribution in [0.25, 0.3) is 0 Å². The van der Waals surface area contributed by atoms with E-state index in [1.165, 1.54) is 24.3 Å². The van der Waals surface area contributed by atoms with Crippen molar-refractivity contribution < 1.29 is 8.78 Å². The van der Waals surface area contributed by atoms with Crippen LogP contribution in [0, 0.1) is 11.6 Å². The Kier molecular flexibility index (Phi) is 5.42. The summed E-state index contributed by atoms with van der Waals surface area (Å²) < 4.78 is 25.6. The summed E-state index contributed by atoms with van der Waals surface area (Å²) in [6.45, 7) is 0. The van der Waals surface area contributed by atoms with Gasteiger partial charge in [0.05, 0.1) is 0 Å². The molecule has 0 heterocycles. The molecule has 0 spiro atoms. The van der Waals surface area contributed by atoms with Gasteiger partial charge in [-0.3, -0.25) is 0 Å². The molecule has 0 fully saturated rings. The third kappa shape index (κ3) is 3.73. The zero-order valence-electron chi connectivity index (χ0n) is 10.1. The summed E-state index contributed by atoms with van der Waals surface area (Å²) in [6, 6.07) is 10.8. The van der Waals surface area contributed by atoms with E-state index in [-0.39, 0.29) is 24.0 Å². The maximum Gasteiger partial charge on any atom is 0.123 e. The summed E-state index contributed by atoms with van der Waals surface area (Å²) in [4.78, 5) is 0. The molecule has 0 saturated heterocycles. The fourth-order valence-corrected chi connectivity index (χ4v) is 1.78. The Labute approximate surface area is 116 Å². The summed E-state index contributed by atoms with van der Waals surface area (Å²) in [7, 11) is 0. The monoisotopic (exact) mass is 284 g/mol. The van der Waals surface area contributed by atoms with Crippen LogP contribution in [-0.2, 0) is 0 Å². The van der Waals surface area contributed by atoms with Gasteiger partial charge in [-0.1, -0.05) is 24.3 Å². The van der Waals surface area contributed by atoms with E-state index in [1.54, 1.807) is 24.3 Å². The Morgan fingerprint density at radius 2 is 0.895 bits per heavy atom. The van der Waals surface area contributed by atoms with Crippen molar-refractivity contribution >= 4 is 12.4 Å². The lowest BCUT2D eigenvalue weighted by Gasteiger charge is -2.20. The first-order valence-electron chi connectivity index (χ1n) is 5.60. The highest BCUT2D eigenvalue weighted by Gasteiger charge is 2.17. The molecule has 0 saturated carbocycles. The van der Waals surface area contributed by atoms with E-state index < -0.39 is 12.1 Å². The highest BCUT2D eigenvalue weighted by molar-refractivity contribution is 5.85. The maximum atomic E-state index is 12.8. The third-order valence-electron chi connectivity index (χ3n) is 2.90. The second kappa shape index (κ2) is 6.61. The van der Waals surface area contributed by atoms with Crippen LogP contribution in [0.1, 0.15) is 23.2 Å². The molecule has 0 radical (unpaired) electrons. The minimum absolute atomic E-state index is 0. The summed E-state index contributed by atoms with van der Waals surface area (Å²) in [5, 5.41) is 0. The Balaban J connectivity index is 0.00000180.